The summed E-state index contributed by atoms with van der Waals surface area (Å²) in [7, 11) is 0. The van der Waals surface area contributed by atoms with Gasteiger partial charge in [-0.1, -0.05) is 26.2 Å². The van der Waals surface area contributed by atoms with Crippen LogP contribution in [0.1, 0.15) is 33.6 Å². The summed E-state index contributed by atoms with van der Waals surface area (Å²) in [6.07, 6.45) is 1.10. The van der Waals surface area contributed by atoms with Gasteiger partial charge in [0.05, 0.1) is 5.92 Å². The van der Waals surface area contributed by atoms with Gasteiger partial charge < -0.3 is 9.47 Å². The van der Waals surface area contributed by atoms with Crippen molar-refractivity contribution in [1.29, 1.82) is 0 Å². The molecule has 3 aliphatic rings. The number of hydrogen-bond acceptors (Lipinski definition) is 5. The Balaban J connectivity index is 2.03. The minimum atomic E-state index is -0.635. The maximum atomic E-state index is 12.4. The molecule has 1 aliphatic heterocycles. The van der Waals surface area contributed by atoms with E-state index in [1.165, 1.54) is 0 Å². The van der Waals surface area contributed by atoms with Gasteiger partial charge >= 0.3 is 11.9 Å². The SMILES string of the molecule is C=C1CC(OC(=O)C(C)=CC)C2C(=C)C(=O)OC2C2=C1C(=O)CC2C. The monoisotopic (exact) mass is 342 g/mol. The fraction of sp³-hybridized carbons (Fsp3) is 0.450. The average Bonchev–Trinajstić information content (AvgIpc) is 2.96. The van der Waals surface area contributed by atoms with E-state index in [1.54, 1.807) is 19.9 Å². The zero-order valence-corrected chi connectivity index (χ0v) is 14.8. The van der Waals surface area contributed by atoms with Crippen molar-refractivity contribution < 1.29 is 23.9 Å². The van der Waals surface area contributed by atoms with Crippen LogP contribution in [0.4, 0.5) is 0 Å². The molecule has 2 aliphatic carbocycles. The van der Waals surface area contributed by atoms with E-state index >= 15 is 0 Å². The fourth-order valence-corrected chi connectivity index (χ4v) is 3.92. The van der Waals surface area contributed by atoms with Gasteiger partial charge in [-0.05, 0) is 30.9 Å². The number of hydrogen-bond donors (Lipinski definition) is 0. The number of Topliss-reactive ketones (excluding diaryl/α,β-unsaturated/α-hetero) is 1. The summed E-state index contributed by atoms with van der Waals surface area (Å²) in [6.45, 7) is 13.3. The number of esters is 2. The highest BCUT2D eigenvalue weighted by Crippen LogP contribution is 2.48. The lowest BCUT2D eigenvalue weighted by Crippen LogP contribution is -2.34. The van der Waals surface area contributed by atoms with Gasteiger partial charge in [0.15, 0.2) is 5.78 Å². The molecule has 3 rings (SSSR count). The standard InChI is InChI=1S/C20H22O5/c1-6-9(2)19(22)24-14-8-11(4)15-13(21)7-10(3)16(15)18-17(14)12(5)20(23)25-18/h6,10,14,17-18H,4-5,7-8H2,1-3H3. The van der Waals surface area contributed by atoms with Crippen molar-refractivity contribution in [2.24, 2.45) is 11.8 Å². The topological polar surface area (TPSA) is 69.7 Å². The van der Waals surface area contributed by atoms with E-state index in [-0.39, 0.29) is 23.7 Å². The van der Waals surface area contributed by atoms with Crippen LogP contribution in [0, 0.1) is 11.8 Å². The predicted molar refractivity (Wildman–Crippen MR) is 91.4 cm³/mol. The van der Waals surface area contributed by atoms with Gasteiger partial charge in [-0.3, -0.25) is 4.79 Å². The summed E-state index contributed by atoms with van der Waals surface area (Å²) in [5.41, 5.74) is 2.76. The maximum absolute atomic E-state index is 12.4. The van der Waals surface area contributed by atoms with Gasteiger partial charge in [0.25, 0.3) is 0 Å². The Labute approximate surface area is 147 Å². The Morgan fingerprint density at radius 2 is 1.96 bits per heavy atom. The van der Waals surface area contributed by atoms with Gasteiger partial charge in [0, 0.05) is 29.6 Å². The first-order chi connectivity index (χ1) is 11.8. The first-order valence-corrected chi connectivity index (χ1v) is 8.45. The molecule has 5 heteroatoms. The molecule has 0 bridgehead atoms. The van der Waals surface area contributed by atoms with Gasteiger partial charge in [-0.25, -0.2) is 9.59 Å². The minimum Gasteiger partial charge on any atom is -0.458 e. The summed E-state index contributed by atoms with van der Waals surface area (Å²) >= 11 is 0. The fourth-order valence-electron chi connectivity index (χ4n) is 3.92. The van der Waals surface area contributed by atoms with Crippen molar-refractivity contribution in [2.75, 3.05) is 0 Å². The molecular formula is C20H22O5. The zero-order valence-electron chi connectivity index (χ0n) is 14.8. The Morgan fingerprint density at radius 3 is 2.60 bits per heavy atom. The van der Waals surface area contributed by atoms with E-state index in [0.29, 0.717) is 23.1 Å². The Bertz CT molecular complexity index is 767. The third kappa shape index (κ3) is 2.68. The van der Waals surface area contributed by atoms with Gasteiger partial charge in [0.1, 0.15) is 12.2 Å². The molecule has 0 amide bonds. The van der Waals surface area contributed by atoms with Crippen LogP contribution < -0.4 is 0 Å². The summed E-state index contributed by atoms with van der Waals surface area (Å²) in [5, 5.41) is 0. The Morgan fingerprint density at radius 1 is 1.28 bits per heavy atom. The lowest BCUT2D eigenvalue weighted by atomic mass is 9.84. The Hall–Kier alpha value is -2.43. The van der Waals surface area contributed by atoms with Crippen LogP contribution in [-0.2, 0) is 23.9 Å². The molecule has 1 saturated heterocycles. The lowest BCUT2D eigenvalue weighted by molar-refractivity contribution is -0.147. The molecule has 0 spiro atoms. The molecule has 0 radical (unpaired) electrons. The molecule has 0 aromatic heterocycles. The lowest BCUT2D eigenvalue weighted by Gasteiger charge is -2.27. The predicted octanol–water partition coefficient (Wildman–Crippen LogP) is 2.83. The molecule has 25 heavy (non-hydrogen) atoms. The molecule has 132 valence electrons. The quantitative estimate of drug-likeness (QED) is 0.570. The van der Waals surface area contributed by atoms with E-state index in [0.717, 1.165) is 5.57 Å². The summed E-state index contributed by atoms with van der Waals surface area (Å²) < 4.78 is 11.2. The molecule has 1 fully saturated rings. The molecule has 0 N–H and O–H groups in total. The summed E-state index contributed by atoms with van der Waals surface area (Å²) in [4.78, 5) is 36.8. The van der Waals surface area contributed by atoms with Crippen molar-refractivity contribution >= 4 is 17.7 Å². The van der Waals surface area contributed by atoms with Crippen LogP contribution in [-0.4, -0.2) is 29.9 Å². The Kier molecular flexibility index (Phi) is 4.27. The van der Waals surface area contributed by atoms with Crippen molar-refractivity contribution in [3.05, 3.63) is 47.1 Å². The molecule has 0 saturated carbocycles. The van der Waals surface area contributed by atoms with Crippen molar-refractivity contribution in [1.82, 2.24) is 0 Å². The maximum Gasteiger partial charge on any atom is 0.334 e. The first-order valence-electron chi connectivity index (χ1n) is 8.45. The van der Waals surface area contributed by atoms with Crippen LogP contribution in [0.3, 0.4) is 0 Å². The van der Waals surface area contributed by atoms with Crippen LogP contribution in [0.5, 0.6) is 0 Å². The van der Waals surface area contributed by atoms with Gasteiger partial charge in [0.2, 0.25) is 0 Å². The third-order valence-electron chi connectivity index (χ3n) is 5.34. The average molecular weight is 342 g/mol. The molecule has 1 heterocycles. The van der Waals surface area contributed by atoms with E-state index in [2.05, 4.69) is 13.2 Å². The summed E-state index contributed by atoms with van der Waals surface area (Å²) in [6, 6.07) is 0. The van der Waals surface area contributed by atoms with Crippen LogP contribution in [0.25, 0.3) is 0 Å². The third-order valence-corrected chi connectivity index (χ3v) is 5.34. The van der Waals surface area contributed by atoms with E-state index in [4.69, 9.17) is 9.47 Å². The number of ether oxygens (including phenoxy) is 2. The number of carbonyl (C=O) groups is 3. The van der Waals surface area contributed by atoms with Crippen LogP contribution in [0.15, 0.2) is 47.1 Å². The summed E-state index contributed by atoms with van der Waals surface area (Å²) in [5.74, 6) is -1.45. The zero-order chi connectivity index (χ0) is 18.5. The molecule has 4 unspecified atom stereocenters. The molecule has 5 nitrogen and oxygen atoms in total. The normalized spacial score (nSPS) is 32.4. The second kappa shape index (κ2) is 6.14. The number of allylic oxidation sites excluding steroid dienone is 2. The van der Waals surface area contributed by atoms with E-state index in [9.17, 15) is 14.4 Å². The molecule has 4 atom stereocenters. The van der Waals surface area contributed by atoms with Gasteiger partial charge in [-0.15, -0.1) is 0 Å². The second-order valence-corrected chi connectivity index (χ2v) is 6.96. The smallest absolute Gasteiger partial charge is 0.334 e. The van der Waals surface area contributed by atoms with Crippen molar-refractivity contribution in [3.63, 3.8) is 0 Å². The van der Waals surface area contributed by atoms with E-state index < -0.39 is 30.1 Å². The van der Waals surface area contributed by atoms with Gasteiger partial charge in [-0.2, -0.15) is 0 Å². The van der Waals surface area contributed by atoms with Crippen molar-refractivity contribution in [2.45, 2.75) is 45.8 Å². The number of ketones is 1. The highest BCUT2D eigenvalue weighted by atomic mass is 16.6. The molecular weight excluding hydrogens is 320 g/mol. The van der Waals surface area contributed by atoms with Crippen LogP contribution in [0.2, 0.25) is 0 Å². The van der Waals surface area contributed by atoms with Crippen LogP contribution >= 0.6 is 0 Å². The number of fused-ring (bicyclic) bond motifs is 2. The van der Waals surface area contributed by atoms with E-state index in [1.807, 2.05) is 6.92 Å². The van der Waals surface area contributed by atoms with Crippen molar-refractivity contribution in [3.8, 4) is 0 Å². The molecule has 0 aromatic carbocycles. The molecule has 0 aromatic rings. The number of carbonyl (C=O) groups excluding carboxylic acids is 3. The highest BCUT2D eigenvalue weighted by molar-refractivity contribution is 6.04. The second-order valence-electron chi connectivity index (χ2n) is 6.96. The highest BCUT2D eigenvalue weighted by Gasteiger charge is 2.52. The number of rotatable bonds is 2. The minimum absolute atomic E-state index is 0.0106. The largest absolute Gasteiger partial charge is 0.458 e. The first kappa shape index (κ1) is 17.4.